The zero-order chi connectivity index (χ0) is 8.48. The van der Waals surface area contributed by atoms with Crippen LogP contribution < -0.4 is 0 Å². The lowest BCUT2D eigenvalue weighted by Gasteiger charge is -2.30. The molecule has 0 saturated heterocycles. The van der Waals surface area contributed by atoms with E-state index in [2.05, 4.69) is 0 Å². The van der Waals surface area contributed by atoms with Crippen molar-refractivity contribution in [2.75, 3.05) is 0 Å². The van der Waals surface area contributed by atoms with Crippen LogP contribution in [0.2, 0.25) is 0 Å². The zero-order valence-electron chi connectivity index (χ0n) is 6.71. The van der Waals surface area contributed by atoms with Crippen molar-refractivity contribution in [1.29, 1.82) is 0 Å². The lowest BCUT2D eigenvalue weighted by Crippen LogP contribution is -2.32. The highest BCUT2D eigenvalue weighted by Crippen LogP contribution is 2.31. The molecule has 1 aliphatic carbocycles. The summed E-state index contributed by atoms with van der Waals surface area (Å²) < 4.78 is 0. The molecule has 1 fully saturated rings. The molecular formula is C8H14O3. The molecular weight excluding hydrogens is 144 g/mol. The van der Waals surface area contributed by atoms with Crippen molar-refractivity contribution in [3.63, 3.8) is 0 Å². The number of aliphatic hydroxyl groups is 1. The molecule has 1 rings (SSSR count). The van der Waals surface area contributed by atoms with E-state index in [1.165, 1.54) is 0 Å². The summed E-state index contributed by atoms with van der Waals surface area (Å²) in [5.74, 6) is -0.948. The molecule has 3 heteroatoms. The molecule has 0 aromatic rings. The quantitative estimate of drug-likeness (QED) is 0.598. The van der Waals surface area contributed by atoms with Gasteiger partial charge in [0.2, 0.25) is 0 Å². The Bertz CT molecular complexity index is 153. The van der Waals surface area contributed by atoms with Gasteiger partial charge in [-0.05, 0) is 32.6 Å². The van der Waals surface area contributed by atoms with Gasteiger partial charge < -0.3 is 10.2 Å². The second kappa shape index (κ2) is 2.81. The van der Waals surface area contributed by atoms with E-state index in [0.29, 0.717) is 25.7 Å². The summed E-state index contributed by atoms with van der Waals surface area (Å²) in [6, 6.07) is 0. The van der Waals surface area contributed by atoms with E-state index in [-0.39, 0.29) is 5.92 Å². The van der Waals surface area contributed by atoms with Crippen LogP contribution in [-0.4, -0.2) is 21.8 Å². The predicted molar refractivity (Wildman–Crippen MR) is 40.2 cm³/mol. The van der Waals surface area contributed by atoms with Crippen molar-refractivity contribution < 1.29 is 15.0 Å². The molecule has 64 valence electrons. The second-order valence-electron chi connectivity index (χ2n) is 3.61. The summed E-state index contributed by atoms with van der Waals surface area (Å²) in [7, 11) is 0. The van der Waals surface area contributed by atoms with E-state index in [9.17, 15) is 9.90 Å². The average molecular weight is 158 g/mol. The Hall–Kier alpha value is -0.570. The van der Waals surface area contributed by atoms with Gasteiger partial charge in [0.05, 0.1) is 11.5 Å². The Morgan fingerprint density at radius 2 is 1.91 bits per heavy atom. The molecule has 2 N–H and O–H groups in total. The molecule has 11 heavy (non-hydrogen) atoms. The number of rotatable bonds is 1. The first-order valence-electron chi connectivity index (χ1n) is 3.96. The van der Waals surface area contributed by atoms with Crippen molar-refractivity contribution in [2.24, 2.45) is 5.92 Å². The predicted octanol–water partition coefficient (Wildman–Crippen LogP) is 1.01. The third-order valence-corrected chi connectivity index (χ3v) is 2.41. The van der Waals surface area contributed by atoms with Gasteiger partial charge in [-0.2, -0.15) is 0 Å². The standard InChI is InChI=1S/C8H14O3/c1-8(11)4-2-6(3-5-8)7(9)10/h6,11H,2-5H2,1H3,(H,9,10). The summed E-state index contributed by atoms with van der Waals surface area (Å²) in [5, 5.41) is 18.1. The van der Waals surface area contributed by atoms with Crippen LogP contribution in [0.4, 0.5) is 0 Å². The lowest BCUT2D eigenvalue weighted by atomic mass is 9.80. The monoisotopic (exact) mass is 158 g/mol. The second-order valence-corrected chi connectivity index (χ2v) is 3.61. The van der Waals surface area contributed by atoms with E-state index in [0.717, 1.165) is 0 Å². The van der Waals surface area contributed by atoms with E-state index in [1.54, 1.807) is 6.92 Å². The van der Waals surface area contributed by atoms with Gasteiger partial charge in [0, 0.05) is 0 Å². The summed E-state index contributed by atoms with van der Waals surface area (Å²) >= 11 is 0. The molecule has 0 spiro atoms. The van der Waals surface area contributed by atoms with Crippen LogP contribution in [-0.2, 0) is 4.79 Å². The maximum atomic E-state index is 10.5. The van der Waals surface area contributed by atoms with E-state index in [4.69, 9.17) is 5.11 Å². The van der Waals surface area contributed by atoms with Gasteiger partial charge in [-0.15, -0.1) is 0 Å². The highest BCUT2D eigenvalue weighted by atomic mass is 16.4. The van der Waals surface area contributed by atoms with Gasteiger partial charge in [0.15, 0.2) is 0 Å². The fourth-order valence-corrected chi connectivity index (χ4v) is 1.49. The molecule has 0 aliphatic heterocycles. The number of carbonyl (C=O) groups is 1. The molecule has 0 unspecified atom stereocenters. The Morgan fingerprint density at radius 3 is 2.27 bits per heavy atom. The van der Waals surface area contributed by atoms with E-state index >= 15 is 0 Å². The van der Waals surface area contributed by atoms with E-state index in [1.807, 2.05) is 0 Å². The maximum Gasteiger partial charge on any atom is 0.306 e. The highest BCUT2D eigenvalue weighted by molar-refractivity contribution is 5.70. The number of carboxylic acids is 1. The Kier molecular flexibility index (Phi) is 2.18. The van der Waals surface area contributed by atoms with Gasteiger partial charge in [-0.1, -0.05) is 0 Å². The number of carboxylic acid groups (broad SMARTS) is 1. The van der Waals surface area contributed by atoms with Crippen molar-refractivity contribution in [2.45, 2.75) is 38.2 Å². The van der Waals surface area contributed by atoms with Crippen LogP contribution in [0.15, 0.2) is 0 Å². The summed E-state index contributed by atoms with van der Waals surface area (Å²) in [6.07, 6.45) is 2.46. The first-order valence-corrected chi connectivity index (χ1v) is 3.96. The Morgan fingerprint density at radius 1 is 1.45 bits per heavy atom. The van der Waals surface area contributed by atoms with Crippen molar-refractivity contribution >= 4 is 5.97 Å². The molecule has 0 aromatic carbocycles. The fourth-order valence-electron chi connectivity index (χ4n) is 1.49. The van der Waals surface area contributed by atoms with Crippen LogP contribution in [0, 0.1) is 5.92 Å². The molecule has 1 aliphatic rings. The molecule has 0 atom stereocenters. The highest BCUT2D eigenvalue weighted by Gasteiger charge is 2.31. The maximum absolute atomic E-state index is 10.5. The summed E-state index contributed by atoms with van der Waals surface area (Å²) in [6.45, 7) is 1.77. The molecule has 0 heterocycles. The van der Waals surface area contributed by atoms with Crippen molar-refractivity contribution in [1.82, 2.24) is 0 Å². The third kappa shape index (κ3) is 2.19. The van der Waals surface area contributed by atoms with Crippen LogP contribution in [0.3, 0.4) is 0 Å². The third-order valence-electron chi connectivity index (χ3n) is 2.41. The topological polar surface area (TPSA) is 57.5 Å². The smallest absolute Gasteiger partial charge is 0.306 e. The first-order chi connectivity index (χ1) is 5.01. The normalized spacial score (nSPS) is 38.5. The molecule has 0 amide bonds. The minimum absolute atomic E-state index is 0.227. The van der Waals surface area contributed by atoms with Gasteiger partial charge in [0.1, 0.15) is 0 Å². The van der Waals surface area contributed by atoms with Crippen LogP contribution in [0.5, 0.6) is 0 Å². The summed E-state index contributed by atoms with van der Waals surface area (Å²) in [5.41, 5.74) is -0.619. The molecule has 0 bridgehead atoms. The largest absolute Gasteiger partial charge is 0.481 e. The Labute approximate surface area is 66.0 Å². The average Bonchev–Trinajstić information content (AvgIpc) is 1.86. The minimum atomic E-state index is -0.722. The number of aliphatic carboxylic acids is 1. The Balaban J connectivity index is 2.42. The summed E-state index contributed by atoms with van der Waals surface area (Å²) in [4.78, 5) is 10.5. The fraction of sp³-hybridized carbons (Fsp3) is 0.875. The molecule has 0 aromatic heterocycles. The minimum Gasteiger partial charge on any atom is -0.481 e. The van der Waals surface area contributed by atoms with Gasteiger partial charge in [0.25, 0.3) is 0 Å². The van der Waals surface area contributed by atoms with Crippen molar-refractivity contribution in [3.05, 3.63) is 0 Å². The van der Waals surface area contributed by atoms with Gasteiger partial charge in [-0.25, -0.2) is 0 Å². The number of hydrogen-bond acceptors (Lipinski definition) is 2. The van der Waals surface area contributed by atoms with Crippen molar-refractivity contribution in [3.8, 4) is 0 Å². The van der Waals surface area contributed by atoms with Crippen LogP contribution in [0.25, 0.3) is 0 Å². The van der Waals surface area contributed by atoms with Gasteiger partial charge in [-0.3, -0.25) is 4.79 Å². The van der Waals surface area contributed by atoms with Gasteiger partial charge >= 0.3 is 5.97 Å². The zero-order valence-corrected chi connectivity index (χ0v) is 6.71. The lowest BCUT2D eigenvalue weighted by molar-refractivity contribution is -0.144. The van der Waals surface area contributed by atoms with Crippen LogP contribution in [0.1, 0.15) is 32.6 Å². The number of hydrogen-bond donors (Lipinski definition) is 2. The molecule has 0 radical (unpaired) electrons. The molecule has 1 saturated carbocycles. The SMILES string of the molecule is CC1(O)CCC(C(=O)O)CC1. The molecule has 3 nitrogen and oxygen atoms in total. The first kappa shape index (κ1) is 8.53. The van der Waals surface area contributed by atoms with Crippen LogP contribution >= 0.6 is 0 Å². The van der Waals surface area contributed by atoms with E-state index < -0.39 is 11.6 Å².